The number of carbonyl (C=O) groups is 1. The molecule has 0 atom stereocenters. The SMILES string of the molecule is NCc1ccc(CNC(=O)c2ccc(C3=c4cc5c6c(c4Oc4c3cc3c7c4CCCN7CCC3)CCC[N+]=6CCC5)cc2)cc1. The molecule has 0 aliphatic carbocycles. The number of hydrogen-bond donors (Lipinski definition) is 2. The quantitative estimate of drug-likeness (QED) is 0.288. The van der Waals surface area contributed by atoms with Crippen LogP contribution < -0.4 is 35.8 Å². The van der Waals surface area contributed by atoms with Gasteiger partial charge in [0.05, 0.1) is 5.56 Å². The van der Waals surface area contributed by atoms with Gasteiger partial charge in [0.2, 0.25) is 5.36 Å². The maximum atomic E-state index is 13.2. The van der Waals surface area contributed by atoms with Gasteiger partial charge >= 0.3 is 0 Å². The molecular weight excluding hydrogens is 568 g/mol. The molecule has 9 rings (SSSR count). The molecular formula is C40H41N4O2+. The summed E-state index contributed by atoms with van der Waals surface area (Å²) in [6.45, 7) is 5.56. The Kier molecular flexibility index (Phi) is 6.74. The monoisotopic (exact) mass is 609 g/mol. The zero-order valence-corrected chi connectivity index (χ0v) is 26.5. The highest BCUT2D eigenvalue weighted by Gasteiger charge is 2.35. The maximum absolute atomic E-state index is 13.2. The number of rotatable bonds is 5. The van der Waals surface area contributed by atoms with Crippen molar-refractivity contribution in [1.82, 2.24) is 9.89 Å². The summed E-state index contributed by atoms with van der Waals surface area (Å²) in [6.07, 6.45) is 9.09. The molecule has 6 heteroatoms. The van der Waals surface area contributed by atoms with Gasteiger partial charge in [-0.1, -0.05) is 36.4 Å². The van der Waals surface area contributed by atoms with Crippen molar-refractivity contribution >= 4 is 17.2 Å². The molecule has 0 bridgehead atoms. The smallest absolute Gasteiger partial charge is 0.251 e. The van der Waals surface area contributed by atoms with Crippen molar-refractivity contribution in [2.24, 2.45) is 5.73 Å². The highest BCUT2D eigenvalue weighted by Crippen LogP contribution is 2.48. The zero-order valence-electron chi connectivity index (χ0n) is 26.5. The van der Waals surface area contributed by atoms with Crippen molar-refractivity contribution in [2.45, 2.75) is 64.5 Å². The van der Waals surface area contributed by atoms with E-state index in [4.69, 9.17) is 10.5 Å². The van der Waals surface area contributed by atoms with E-state index >= 15 is 0 Å². The molecule has 0 saturated carbocycles. The number of fused-ring (bicyclic) bond motifs is 4. The number of carbonyl (C=O) groups excluding carboxylic acids is 1. The van der Waals surface area contributed by atoms with Gasteiger partial charge in [-0.05, 0) is 85.0 Å². The number of anilines is 1. The second kappa shape index (κ2) is 11.1. The molecule has 5 aliphatic rings. The van der Waals surface area contributed by atoms with Gasteiger partial charge in [-0.15, -0.1) is 0 Å². The van der Waals surface area contributed by atoms with Crippen LogP contribution in [0.2, 0.25) is 0 Å². The molecule has 0 unspecified atom stereocenters. The van der Waals surface area contributed by atoms with Crippen LogP contribution in [0.4, 0.5) is 5.69 Å². The lowest BCUT2D eigenvalue weighted by molar-refractivity contribution is 0.0951. The highest BCUT2D eigenvalue weighted by atomic mass is 16.5. The molecule has 5 aliphatic heterocycles. The summed E-state index contributed by atoms with van der Waals surface area (Å²) in [5.74, 6) is 2.07. The van der Waals surface area contributed by atoms with E-state index in [0.29, 0.717) is 18.7 Å². The third-order valence-electron chi connectivity index (χ3n) is 10.8. The second-order valence-corrected chi connectivity index (χ2v) is 13.6. The third-order valence-corrected chi connectivity index (χ3v) is 10.8. The van der Waals surface area contributed by atoms with E-state index in [9.17, 15) is 4.79 Å². The van der Waals surface area contributed by atoms with E-state index in [1.807, 2.05) is 36.4 Å². The third kappa shape index (κ3) is 4.49. The first-order valence-corrected chi connectivity index (χ1v) is 17.3. The molecule has 4 aromatic carbocycles. The van der Waals surface area contributed by atoms with Gasteiger partial charge in [0, 0.05) is 77.8 Å². The minimum Gasteiger partial charge on any atom is -0.455 e. The summed E-state index contributed by atoms with van der Waals surface area (Å²) >= 11 is 0. The van der Waals surface area contributed by atoms with Gasteiger partial charge in [-0.2, -0.15) is 0 Å². The molecule has 0 fully saturated rings. The topological polar surface area (TPSA) is 70.6 Å². The average molecular weight is 610 g/mol. The summed E-state index contributed by atoms with van der Waals surface area (Å²) in [6, 6.07) is 21.2. The van der Waals surface area contributed by atoms with Crippen molar-refractivity contribution in [2.75, 3.05) is 31.1 Å². The van der Waals surface area contributed by atoms with Crippen molar-refractivity contribution in [1.29, 1.82) is 0 Å². The van der Waals surface area contributed by atoms with Crippen molar-refractivity contribution in [3.8, 4) is 11.5 Å². The Labute approximate surface area is 270 Å². The normalized spacial score (nSPS) is 17.4. The Balaban J connectivity index is 1.17. The number of nitrogens with two attached hydrogens (primary N) is 1. The van der Waals surface area contributed by atoms with E-state index in [1.54, 1.807) is 0 Å². The molecule has 5 heterocycles. The lowest BCUT2D eigenvalue weighted by Gasteiger charge is -2.39. The Hall–Kier alpha value is -4.42. The summed E-state index contributed by atoms with van der Waals surface area (Å²) < 4.78 is 9.78. The van der Waals surface area contributed by atoms with Crippen LogP contribution in [0.25, 0.3) is 5.57 Å². The van der Waals surface area contributed by atoms with Gasteiger partial charge < -0.3 is 20.7 Å². The number of aryl methyl sites for hydroxylation is 2. The molecule has 0 radical (unpaired) electrons. The Morgan fingerprint density at radius 1 is 0.804 bits per heavy atom. The average Bonchev–Trinajstić information content (AvgIpc) is 3.11. The Morgan fingerprint density at radius 2 is 1.52 bits per heavy atom. The summed E-state index contributed by atoms with van der Waals surface area (Å²) in [7, 11) is 0. The number of nitrogens with zero attached hydrogens (tertiary/aromatic N) is 2. The molecule has 0 aromatic heterocycles. The summed E-state index contributed by atoms with van der Waals surface area (Å²) in [5, 5.41) is 5.76. The van der Waals surface area contributed by atoms with Gasteiger partial charge in [0.25, 0.3) is 5.91 Å². The van der Waals surface area contributed by atoms with E-state index < -0.39 is 0 Å². The van der Waals surface area contributed by atoms with E-state index in [2.05, 4.69) is 39.1 Å². The molecule has 0 spiro atoms. The zero-order chi connectivity index (χ0) is 30.8. The number of ether oxygens (including phenoxy) is 1. The predicted molar refractivity (Wildman–Crippen MR) is 182 cm³/mol. The maximum Gasteiger partial charge on any atom is 0.251 e. The van der Waals surface area contributed by atoms with Crippen molar-refractivity contribution < 1.29 is 9.53 Å². The fraction of sp³-hybridized carbons (Fsp3) is 0.350. The predicted octanol–water partition coefficient (Wildman–Crippen LogP) is 4.51. The number of amides is 1. The van der Waals surface area contributed by atoms with E-state index in [1.165, 1.54) is 75.3 Å². The molecule has 1 amide bonds. The van der Waals surface area contributed by atoms with E-state index in [0.717, 1.165) is 80.1 Å². The van der Waals surface area contributed by atoms with E-state index in [-0.39, 0.29) is 5.91 Å². The molecule has 46 heavy (non-hydrogen) atoms. The fourth-order valence-corrected chi connectivity index (χ4v) is 8.69. The first-order chi connectivity index (χ1) is 22.7. The van der Waals surface area contributed by atoms with Gasteiger partial charge in [0.15, 0.2) is 0 Å². The molecule has 6 nitrogen and oxygen atoms in total. The van der Waals surface area contributed by atoms with Gasteiger partial charge in [-0.25, -0.2) is 4.58 Å². The number of benzene rings is 4. The van der Waals surface area contributed by atoms with Gasteiger partial charge in [-0.3, -0.25) is 4.79 Å². The Bertz CT molecular complexity index is 2020. The summed E-state index contributed by atoms with van der Waals surface area (Å²) in [4.78, 5) is 15.8. The van der Waals surface area contributed by atoms with Crippen LogP contribution in [0.15, 0.2) is 60.7 Å². The minimum atomic E-state index is -0.0654. The lowest BCUT2D eigenvalue weighted by atomic mass is 9.82. The van der Waals surface area contributed by atoms with Crippen LogP contribution in [-0.2, 0) is 38.8 Å². The molecule has 232 valence electrons. The number of nitrogens with one attached hydrogen (secondary N) is 1. The number of hydrogen-bond acceptors (Lipinski definition) is 4. The molecule has 3 N–H and O–H groups in total. The van der Waals surface area contributed by atoms with Crippen LogP contribution in [0.3, 0.4) is 0 Å². The second-order valence-electron chi connectivity index (χ2n) is 13.6. The van der Waals surface area contributed by atoms with Crippen molar-refractivity contribution in [3.63, 3.8) is 0 Å². The van der Waals surface area contributed by atoms with Crippen LogP contribution >= 0.6 is 0 Å². The van der Waals surface area contributed by atoms with Crippen LogP contribution in [0.5, 0.6) is 11.5 Å². The van der Waals surface area contributed by atoms with Crippen LogP contribution in [-0.4, -0.2) is 32.1 Å². The van der Waals surface area contributed by atoms with Crippen LogP contribution in [0, 0.1) is 0 Å². The fourth-order valence-electron chi connectivity index (χ4n) is 8.69. The van der Waals surface area contributed by atoms with Gasteiger partial charge in [0.1, 0.15) is 24.6 Å². The molecule has 0 saturated heterocycles. The first-order valence-electron chi connectivity index (χ1n) is 17.3. The summed E-state index contributed by atoms with van der Waals surface area (Å²) in [5.41, 5.74) is 19.3. The first kappa shape index (κ1) is 27.9. The van der Waals surface area contributed by atoms with Crippen molar-refractivity contribution in [3.05, 3.63) is 121 Å². The van der Waals surface area contributed by atoms with Crippen LogP contribution in [0.1, 0.15) is 80.5 Å². The minimum absolute atomic E-state index is 0.0654. The molecule has 4 aromatic rings. The Morgan fingerprint density at radius 3 is 2.33 bits per heavy atom. The lowest BCUT2D eigenvalue weighted by Crippen LogP contribution is -2.45. The standard InChI is InChI=1S/C40H40N4O2/c41-23-25-9-11-26(12-10-25)24-42-40(45)28-15-13-27(14-16-28)35-33-21-29-5-1-17-43-19-3-7-31(36(29)43)38(33)46-39-32-8-4-20-44-18-2-6-30(37(32)44)22-34(35)39/h9-16,21-22H,1-8,17-20,23-24,41H2/p+1. The highest BCUT2D eigenvalue weighted by molar-refractivity contribution is 5.95. The largest absolute Gasteiger partial charge is 0.455 e.